The quantitative estimate of drug-likeness (QED) is 0.809. The van der Waals surface area contributed by atoms with E-state index in [0.29, 0.717) is 22.4 Å². The number of fused-ring (bicyclic) bond motifs is 1. The molecule has 0 aliphatic carbocycles. The lowest BCUT2D eigenvalue weighted by molar-refractivity contribution is -0.116. The highest BCUT2D eigenvalue weighted by molar-refractivity contribution is 5.92. The van der Waals surface area contributed by atoms with Gasteiger partial charge >= 0.3 is 5.76 Å². The minimum Gasteiger partial charge on any atom is -0.408 e. The third-order valence-electron chi connectivity index (χ3n) is 3.34. The normalized spacial score (nSPS) is 10.8. The van der Waals surface area contributed by atoms with Gasteiger partial charge in [0, 0.05) is 5.69 Å². The number of para-hydroxylation sites is 2. The van der Waals surface area contributed by atoms with Crippen LogP contribution in [-0.2, 0) is 11.3 Å². The van der Waals surface area contributed by atoms with Crippen LogP contribution in [0.25, 0.3) is 11.1 Å². The third kappa shape index (κ3) is 2.63. The van der Waals surface area contributed by atoms with Crippen molar-refractivity contribution in [2.45, 2.75) is 13.5 Å². The fourth-order valence-electron chi connectivity index (χ4n) is 2.26. The average Bonchev–Trinajstić information content (AvgIpc) is 2.78. The number of carbonyl (C=O) groups is 1. The van der Waals surface area contributed by atoms with E-state index in [1.807, 2.05) is 0 Å². The Morgan fingerprint density at radius 3 is 2.82 bits per heavy atom. The van der Waals surface area contributed by atoms with Gasteiger partial charge in [0.1, 0.15) is 12.4 Å². The number of aryl methyl sites for hydroxylation is 1. The Balaban J connectivity index is 1.84. The van der Waals surface area contributed by atoms with E-state index in [0.717, 1.165) is 0 Å². The highest BCUT2D eigenvalue weighted by atomic mass is 19.1. The predicted molar refractivity (Wildman–Crippen MR) is 80.2 cm³/mol. The number of hydrogen-bond donors (Lipinski definition) is 1. The van der Waals surface area contributed by atoms with Crippen molar-refractivity contribution in [2.24, 2.45) is 0 Å². The van der Waals surface area contributed by atoms with Crippen LogP contribution >= 0.6 is 0 Å². The Hall–Kier alpha value is -2.89. The highest BCUT2D eigenvalue weighted by Gasteiger charge is 2.13. The van der Waals surface area contributed by atoms with Crippen molar-refractivity contribution in [1.29, 1.82) is 0 Å². The standard InChI is InChI=1S/C16H13FN2O3/c1-10-8-11(17)6-7-12(10)18-15(20)9-19-13-4-2-3-5-14(13)22-16(19)21/h2-8H,9H2,1H3,(H,18,20). The molecule has 0 aliphatic heterocycles. The number of anilines is 1. The summed E-state index contributed by atoms with van der Waals surface area (Å²) in [5.74, 6) is -1.34. The molecule has 5 nitrogen and oxygen atoms in total. The molecular formula is C16H13FN2O3. The van der Waals surface area contributed by atoms with Gasteiger partial charge in [0.2, 0.25) is 5.91 Å². The van der Waals surface area contributed by atoms with Crippen LogP contribution in [0.3, 0.4) is 0 Å². The lowest BCUT2D eigenvalue weighted by Gasteiger charge is -2.08. The average molecular weight is 300 g/mol. The molecule has 0 spiro atoms. The number of nitrogens with zero attached hydrogens (tertiary/aromatic N) is 1. The molecule has 22 heavy (non-hydrogen) atoms. The summed E-state index contributed by atoms with van der Waals surface area (Å²) in [5, 5.41) is 2.66. The first-order valence-corrected chi connectivity index (χ1v) is 6.69. The molecule has 112 valence electrons. The number of nitrogens with one attached hydrogen (secondary N) is 1. The summed E-state index contributed by atoms with van der Waals surface area (Å²) >= 11 is 0. The summed E-state index contributed by atoms with van der Waals surface area (Å²) in [6.45, 7) is 1.52. The van der Waals surface area contributed by atoms with Gasteiger partial charge < -0.3 is 9.73 Å². The predicted octanol–water partition coefficient (Wildman–Crippen LogP) is 2.68. The number of aromatic nitrogens is 1. The summed E-state index contributed by atoms with van der Waals surface area (Å²) in [6, 6.07) is 11.0. The van der Waals surface area contributed by atoms with E-state index in [1.54, 1.807) is 31.2 Å². The van der Waals surface area contributed by atoms with Crippen molar-refractivity contribution < 1.29 is 13.6 Å². The summed E-state index contributed by atoms with van der Waals surface area (Å²) < 4.78 is 19.4. The van der Waals surface area contributed by atoms with E-state index in [2.05, 4.69) is 5.32 Å². The molecule has 1 amide bonds. The molecule has 0 fully saturated rings. The molecule has 3 aromatic rings. The first kappa shape index (κ1) is 14.1. The van der Waals surface area contributed by atoms with Gasteiger partial charge in [0.15, 0.2) is 5.58 Å². The zero-order valence-electron chi connectivity index (χ0n) is 11.8. The second-order valence-electron chi connectivity index (χ2n) is 4.93. The van der Waals surface area contributed by atoms with Gasteiger partial charge in [-0.2, -0.15) is 0 Å². The summed E-state index contributed by atoms with van der Waals surface area (Å²) in [6.07, 6.45) is 0. The minimum atomic E-state index is -0.591. The van der Waals surface area contributed by atoms with Crippen molar-refractivity contribution in [3.05, 3.63) is 64.4 Å². The molecule has 0 atom stereocenters. The van der Waals surface area contributed by atoms with E-state index >= 15 is 0 Å². The number of rotatable bonds is 3. The van der Waals surface area contributed by atoms with Crippen LogP contribution < -0.4 is 11.1 Å². The second-order valence-corrected chi connectivity index (χ2v) is 4.93. The van der Waals surface area contributed by atoms with Crippen LogP contribution in [-0.4, -0.2) is 10.5 Å². The summed E-state index contributed by atoms with van der Waals surface area (Å²) in [5.41, 5.74) is 2.10. The van der Waals surface area contributed by atoms with Crippen LogP contribution in [0, 0.1) is 12.7 Å². The number of halogens is 1. The molecule has 0 saturated carbocycles. The number of benzene rings is 2. The molecule has 0 bridgehead atoms. The molecule has 0 saturated heterocycles. The largest absolute Gasteiger partial charge is 0.420 e. The Morgan fingerprint density at radius 1 is 1.27 bits per heavy atom. The van der Waals surface area contributed by atoms with Crippen molar-refractivity contribution in [1.82, 2.24) is 4.57 Å². The molecule has 3 rings (SSSR count). The zero-order valence-corrected chi connectivity index (χ0v) is 11.8. The van der Waals surface area contributed by atoms with Gasteiger partial charge in [-0.25, -0.2) is 9.18 Å². The fourth-order valence-corrected chi connectivity index (χ4v) is 2.26. The molecule has 1 aromatic heterocycles. The van der Waals surface area contributed by atoms with E-state index in [4.69, 9.17) is 4.42 Å². The number of oxazole rings is 1. The van der Waals surface area contributed by atoms with E-state index < -0.39 is 5.76 Å². The van der Waals surface area contributed by atoms with Crippen molar-refractivity contribution >= 4 is 22.7 Å². The van der Waals surface area contributed by atoms with Crippen LogP contribution in [0.4, 0.5) is 10.1 Å². The first-order valence-electron chi connectivity index (χ1n) is 6.69. The number of hydrogen-bond acceptors (Lipinski definition) is 3. The first-order chi connectivity index (χ1) is 10.5. The van der Waals surface area contributed by atoms with Crippen molar-refractivity contribution in [3.63, 3.8) is 0 Å². The second kappa shape index (κ2) is 5.48. The molecule has 0 aliphatic rings. The van der Waals surface area contributed by atoms with Crippen LogP contribution in [0.15, 0.2) is 51.7 Å². The maximum Gasteiger partial charge on any atom is 0.420 e. The lowest BCUT2D eigenvalue weighted by Crippen LogP contribution is -2.25. The number of amides is 1. The number of carbonyl (C=O) groups excluding carboxylic acids is 1. The Labute approximate surface area is 125 Å². The summed E-state index contributed by atoms with van der Waals surface area (Å²) in [7, 11) is 0. The van der Waals surface area contributed by atoms with Gasteiger partial charge in [-0.1, -0.05) is 12.1 Å². The molecule has 0 unspecified atom stereocenters. The van der Waals surface area contributed by atoms with Gasteiger partial charge in [0.25, 0.3) is 0 Å². The monoisotopic (exact) mass is 300 g/mol. The fraction of sp³-hybridized carbons (Fsp3) is 0.125. The Bertz CT molecular complexity index is 911. The maximum atomic E-state index is 13.0. The van der Waals surface area contributed by atoms with Gasteiger partial charge in [-0.15, -0.1) is 0 Å². The van der Waals surface area contributed by atoms with Crippen molar-refractivity contribution in [2.75, 3.05) is 5.32 Å². The highest BCUT2D eigenvalue weighted by Crippen LogP contribution is 2.16. The molecule has 1 heterocycles. The SMILES string of the molecule is Cc1cc(F)ccc1NC(=O)Cn1c(=O)oc2ccccc21. The Morgan fingerprint density at radius 2 is 2.05 bits per heavy atom. The van der Waals surface area contributed by atoms with Gasteiger partial charge in [-0.05, 0) is 42.8 Å². The lowest BCUT2D eigenvalue weighted by atomic mass is 10.2. The van der Waals surface area contributed by atoms with E-state index in [9.17, 15) is 14.0 Å². The minimum absolute atomic E-state index is 0.174. The van der Waals surface area contributed by atoms with Crippen LogP contribution in [0.5, 0.6) is 0 Å². The van der Waals surface area contributed by atoms with Gasteiger partial charge in [0.05, 0.1) is 5.52 Å². The van der Waals surface area contributed by atoms with Crippen LogP contribution in [0.2, 0.25) is 0 Å². The zero-order chi connectivity index (χ0) is 15.7. The van der Waals surface area contributed by atoms with E-state index in [-0.39, 0.29) is 18.3 Å². The molecular weight excluding hydrogens is 287 g/mol. The Kier molecular flexibility index (Phi) is 3.50. The molecule has 6 heteroatoms. The van der Waals surface area contributed by atoms with Crippen molar-refractivity contribution in [3.8, 4) is 0 Å². The molecule has 1 N–H and O–H groups in total. The van der Waals surface area contributed by atoms with Gasteiger partial charge in [-0.3, -0.25) is 9.36 Å². The molecule has 0 radical (unpaired) electrons. The van der Waals surface area contributed by atoms with Crippen LogP contribution in [0.1, 0.15) is 5.56 Å². The maximum absolute atomic E-state index is 13.0. The third-order valence-corrected chi connectivity index (χ3v) is 3.34. The smallest absolute Gasteiger partial charge is 0.408 e. The van der Waals surface area contributed by atoms with E-state index in [1.165, 1.54) is 22.8 Å². The molecule has 2 aromatic carbocycles. The summed E-state index contributed by atoms with van der Waals surface area (Å²) in [4.78, 5) is 23.9. The topological polar surface area (TPSA) is 64.2 Å².